The molecule has 0 atom stereocenters. The highest BCUT2D eigenvalue weighted by molar-refractivity contribution is 9.10. The van der Waals surface area contributed by atoms with Gasteiger partial charge in [-0.05, 0) is 35.3 Å². The van der Waals surface area contributed by atoms with E-state index in [1.54, 1.807) is 11.8 Å². The predicted octanol–water partition coefficient (Wildman–Crippen LogP) is 3.47. The number of hydrogen-bond acceptors (Lipinski definition) is 5. The quantitative estimate of drug-likeness (QED) is 0.933. The first kappa shape index (κ1) is 13.0. The van der Waals surface area contributed by atoms with Crippen LogP contribution in [0.2, 0.25) is 0 Å². The molecule has 1 heterocycles. The Morgan fingerprint density at radius 3 is 2.94 bits per heavy atom. The molecule has 0 aliphatic heterocycles. The van der Waals surface area contributed by atoms with E-state index in [2.05, 4.69) is 38.3 Å². The number of aromatic nitrogens is 2. The zero-order valence-corrected chi connectivity index (χ0v) is 12.5. The second-order valence-corrected chi connectivity index (χ2v) is 6.34. The number of hydrogen-bond donors (Lipinski definition) is 1. The van der Waals surface area contributed by atoms with Gasteiger partial charge >= 0.3 is 0 Å². The topological polar surface area (TPSA) is 51.8 Å². The number of nitrogens with zero attached hydrogens (tertiary/aromatic N) is 2. The maximum atomic E-state index is 5.74. The number of halogens is 1. The third-order valence-corrected chi connectivity index (χ3v) is 4.61. The molecule has 3 nitrogen and oxygen atoms in total. The Hall–Kier alpha value is -0.430. The van der Waals surface area contributed by atoms with E-state index in [0.717, 1.165) is 31.5 Å². The van der Waals surface area contributed by atoms with Gasteiger partial charge in [0.1, 0.15) is 5.82 Å². The maximum absolute atomic E-state index is 5.74. The highest BCUT2D eigenvalue weighted by atomic mass is 79.9. The van der Waals surface area contributed by atoms with Crippen LogP contribution in [0.3, 0.4) is 0 Å². The van der Waals surface area contributed by atoms with Gasteiger partial charge in [-0.1, -0.05) is 34.6 Å². The second kappa shape index (κ2) is 5.95. The smallest absolute Gasteiger partial charge is 0.174 e. The average Bonchev–Trinajstić information content (AvgIpc) is 2.79. The van der Waals surface area contributed by atoms with Crippen molar-refractivity contribution in [2.24, 2.45) is 5.73 Å². The Kier molecular flexibility index (Phi) is 4.55. The molecule has 0 saturated heterocycles. The number of nitrogens with two attached hydrogens (primary N) is 1. The lowest BCUT2D eigenvalue weighted by Crippen LogP contribution is -1.98. The van der Waals surface area contributed by atoms with E-state index in [1.165, 1.54) is 11.5 Å². The normalized spacial score (nSPS) is 10.8. The summed E-state index contributed by atoms with van der Waals surface area (Å²) >= 11 is 6.52. The van der Waals surface area contributed by atoms with Crippen LogP contribution in [0.4, 0.5) is 0 Å². The molecule has 0 bridgehead atoms. The van der Waals surface area contributed by atoms with Crippen LogP contribution in [0.1, 0.15) is 18.3 Å². The van der Waals surface area contributed by atoms with E-state index in [4.69, 9.17) is 5.73 Å². The molecule has 2 rings (SSSR count). The van der Waals surface area contributed by atoms with Crippen molar-refractivity contribution in [3.8, 4) is 0 Å². The molecule has 0 aliphatic rings. The van der Waals surface area contributed by atoms with Gasteiger partial charge in [-0.3, -0.25) is 0 Å². The van der Waals surface area contributed by atoms with E-state index in [9.17, 15) is 0 Å². The van der Waals surface area contributed by atoms with Crippen molar-refractivity contribution in [2.45, 2.75) is 29.1 Å². The van der Waals surface area contributed by atoms with E-state index >= 15 is 0 Å². The molecule has 0 aliphatic carbocycles. The van der Waals surface area contributed by atoms with E-state index in [-0.39, 0.29) is 0 Å². The summed E-state index contributed by atoms with van der Waals surface area (Å²) in [6.45, 7) is 2.59. The van der Waals surface area contributed by atoms with Gasteiger partial charge in [0, 0.05) is 22.3 Å². The van der Waals surface area contributed by atoms with Crippen LogP contribution in [0, 0.1) is 0 Å². The molecule has 0 unspecified atom stereocenters. The summed E-state index contributed by atoms with van der Waals surface area (Å²) in [6.07, 6.45) is 0.876. The van der Waals surface area contributed by atoms with Gasteiger partial charge in [0.15, 0.2) is 4.34 Å². The summed E-state index contributed by atoms with van der Waals surface area (Å²) in [4.78, 5) is 5.59. The monoisotopic (exact) mass is 329 g/mol. The summed E-state index contributed by atoms with van der Waals surface area (Å²) in [5.74, 6) is 0.906. The highest BCUT2D eigenvalue weighted by Gasteiger charge is 2.08. The van der Waals surface area contributed by atoms with Crippen molar-refractivity contribution in [1.82, 2.24) is 9.36 Å². The van der Waals surface area contributed by atoms with Crippen molar-refractivity contribution in [2.75, 3.05) is 0 Å². The largest absolute Gasteiger partial charge is 0.326 e. The molecule has 90 valence electrons. The molecule has 1 aromatic carbocycles. The summed E-state index contributed by atoms with van der Waals surface area (Å²) in [7, 11) is 0. The fourth-order valence-electron chi connectivity index (χ4n) is 1.32. The summed E-state index contributed by atoms with van der Waals surface area (Å²) in [5, 5.41) is 0. The predicted molar refractivity (Wildman–Crippen MR) is 75.4 cm³/mol. The fraction of sp³-hybridized carbons (Fsp3) is 0.273. The first-order valence-corrected chi connectivity index (χ1v) is 7.60. The second-order valence-electron chi connectivity index (χ2n) is 3.39. The van der Waals surface area contributed by atoms with Crippen LogP contribution in [-0.4, -0.2) is 9.36 Å². The highest BCUT2D eigenvalue weighted by Crippen LogP contribution is 2.32. The molecule has 2 aromatic rings. The van der Waals surface area contributed by atoms with Crippen LogP contribution in [-0.2, 0) is 13.0 Å². The lowest BCUT2D eigenvalue weighted by atomic mass is 10.2. The minimum absolute atomic E-state index is 0.529. The van der Waals surface area contributed by atoms with E-state index in [0.29, 0.717) is 6.54 Å². The molecule has 2 N–H and O–H groups in total. The molecule has 17 heavy (non-hydrogen) atoms. The number of rotatable bonds is 4. The molecule has 0 amide bonds. The average molecular weight is 330 g/mol. The molecular weight excluding hydrogens is 318 g/mol. The molecule has 0 spiro atoms. The lowest BCUT2D eigenvalue weighted by Gasteiger charge is -2.05. The van der Waals surface area contributed by atoms with Crippen molar-refractivity contribution in [3.63, 3.8) is 0 Å². The van der Waals surface area contributed by atoms with Gasteiger partial charge in [-0.2, -0.15) is 4.37 Å². The first-order chi connectivity index (χ1) is 8.22. The van der Waals surface area contributed by atoms with Crippen molar-refractivity contribution in [3.05, 3.63) is 34.1 Å². The first-order valence-electron chi connectivity index (χ1n) is 5.22. The standard InChI is InChI=1S/C11H12BrN3S2/c1-2-10-14-11(17-15-10)16-9-4-3-8(12)5-7(9)6-13/h3-5H,2,6,13H2,1H3. The van der Waals surface area contributed by atoms with E-state index in [1.807, 2.05) is 12.1 Å². The van der Waals surface area contributed by atoms with Crippen molar-refractivity contribution < 1.29 is 0 Å². The molecular formula is C11H12BrN3S2. The van der Waals surface area contributed by atoms with Gasteiger partial charge in [0.2, 0.25) is 0 Å². The summed E-state index contributed by atoms with van der Waals surface area (Å²) < 4.78 is 6.29. The van der Waals surface area contributed by atoms with Gasteiger partial charge in [-0.15, -0.1) is 0 Å². The summed E-state index contributed by atoms with van der Waals surface area (Å²) in [5.41, 5.74) is 6.86. The molecule has 0 fully saturated rings. The van der Waals surface area contributed by atoms with Gasteiger partial charge < -0.3 is 5.73 Å². The third kappa shape index (κ3) is 3.28. The molecule has 0 radical (unpaired) electrons. The minimum atomic E-state index is 0.529. The Morgan fingerprint density at radius 2 is 2.29 bits per heavy atom. The molecule has 1 aromatic heterocycles. The molecule has 0 saturated carbocycles. The van der Waals surface area contributed by atoms with Crippen molar-refractivity contribution in [1.29, 1.82) is 0 Å². The zero-order valence-electron chi connectivity index (χ0n) is 9.31. The van der Waals surface area contributed by atoms with E-state index < -0.39 is 0 Å². The van der Waals surface area contributed by atoms with Crippen LogP contribution < -0.4 is 5.73 Å². The molecule has 6 heteroatoms. The van der Waals surface area contributed by atoms with Crippen molar-refractivity contribution >= 4 is 39.2 Å². The fourth-order valence-corrected chi connectivity index (χ4v) is 3.51. The Bertz CT molecular complexity index is 513. The number of aryl methyl sites for hydroxylation is 1. The maximum Gasteiger partial charge on any atom is 0.174 e. The number of benzene rings is 1. The Morgan fingerprint density at radius 1 is 1.47 bits per heavy atom. The zero-order chi connectivity index (χ0) is 12.3. The lowest BCUT2D eigenvalue weighted by molar-refractivity contribution is 0.970. The SMILES string of the molecule is CCc1nsc(Sc2ccc(Br)cc2CN)n1. The van der Waals surface area contributed by atoms with Gasteiger partial charge in [-0.25, -0.2) is 4.98 Å². The summed E-state index contributed by atoms with van der Waals surface area (Å²) in [6, 6.07) is 6.12. The Balaban J connectivity index is 2.23. The van der Waals surface area contributed by atoms with Crippen LogP contribution in [0.5, 0.6) is 0 Å². The van der Waals surface area contributed by atoms with Crippen LogP contribution in [0.25, 0.3) is 0 Å². The minimum Gasteiger partial charge on any atom is -0.326 e. The van der Waals surface area contributed by atoms with Crippen LogP contribution in [0.15, 0.2) is 31.9 Å². The van der Waals surface area contributed by atoms with Gasteiger partial charge in [0.05, 0.1) is 0 Å². The Labute approximate surface area is 117 Å². The van der Waals surface area contributed by atoms with Crippen LogP contribution >= 0.6 is 39.2 Å². The van der Waals surface area contributed by atoms with Gasteiger partial charge in [0.25, 0.3) is 0 Å². The third-order valence-electron chi connectivity index (χ3n) is 2.21.